The molecule has 0 aliphatic rings. The third-order valence-corrected chi connectivity index (χ3v) is 2.91. The topological polar surface area (TPSA) is 47.3 Å². The highest BCUT2D eigenvalue weighted by molar-refractivity contribution is 5.30. The highest BCUT2D eigenvalue weighted by Gasteiger charge is 2.16. The zero-order chi connectivity index (χ0) is 13.0. The molecule has 18 heavy (non-hydrogen) atoms. The van der Waals surface area contributed by atoms with Crippen molar-refractivity contribution in [2.75, 3.05) is 14.2 Å². The van der Waals surface area contributed by atoms with E-state index in [1.165, 1.54) is 0 Å². The van der Waals surface area contributed by atoms with Crippen LogP contribution < -0.4 is 10.1 Å². The van der Waals surface area contributed by atoms with Gasteiger partial charge in [-0.3, -0.25) is 4.98 Å². The second-order valence-corrected chi connectivity index (χ2v) is 4.04. The number of nitrogens with zero attached hydrogens (tertiary/aromatic N) is 1. The van der Waals surface area contributed by atoms with Crippen molar-refractivity contribution < 1.29 is 9.15 Å². The van der Waals surface area contributed by atoms with E-state index in [2.05, 4.69) is 17.2 Å². The summed E-state index contributed by atoms with van der Waals surface area (Å²) in [5.74, 6) is 2.63. The molecule has 0 fully saturated rings. The zero-order valence-electron chi connectivity index (χ0n) is 10.9. The average Bonchev–Trinajstić information content (AvgIpc) is 2.88. The van der Waals surface area contributed by atoms with Crippen LogP contribution in [0.4, 0.5) is 0 Å². The lowest BCUT2D eigenvalue weighted by Crippen LogP contribution is -2.17. The molecule has 1 N–H and O–H groups in total. The van der Waals surface area contributed by atoms with Gasteiger partial charge in [-0.2, -0.15) is 0 Å². The van der Waals surface area contributed by atoms with Gasteiger partial charge >= 0.3 is 0 Å². The second kappa shape index (κ2) is 5.69. The van der Waals surface area contributed by atoms with Gasteiger partial charge in [0.05, 0.1) is 19.3 Å². The molecule has 0 radical (unpaired) electrons. The Bertz CT molecular complexity index is 508. The van der Waals surface area contributed by atoms with Crippen LogP contribution in [0.3, 0.4) is 0 Å². The van der Waals surface area contributed by atoms with Crippen LogP contribution in [0.1, 0.15) is 30.0 Å². The van der Waals surface area contributed by atoms with E-state index < -0.39 is 0 Å². The number of rotatable bonds is 5. The Labute approximate surface area is 107 Å². The first-order valence-corrected chi connectivity index (χ1v) is 6.03. The molecule has 96 valence electrons. The van der Waals surface area contributed by atoms with Gasteiger partial charge in [0.25, 0.3) is 0 Å². The van der Waals surface area contributed by atoms with Crippen LogP contribution >= 0.6 is 0 Å². The molecule has 4 heteroatoms. The SMILES string of the molecule is CCc1ccc(C(NC)c2cncc(OC)c2)o1. The summed E-state index contributed by atoms with van der Waals surface area (Å²) in [6.07, 6.45) is 4.40. The Kier molecular flexibility index (Phi) is 3.99. The Morgan fingerprint density at radius 1 is 1.39 bits per heavy atom. The van der Waals surface area contributed by atoms with E-state index in [-0.39, 0.29) is 6.04 Å². The van der Waals surface area contributed by atoms with Gasteiger partial charge in [0.15, 0.2) is 0 Å². The molecule has 1 atom stereocenters. The first-order valence-electron chi connectivity index (χ1n) is 6.03. The monoisotopic (exact) mass is 246 g/mol. The maximum absolute atomic E-state index is 5.78. The summed E-state index contributed by atoms with van der Waals surface area (Å²) in [5.41, 5.74) is 1.02. The largest absolute Gasteiger partial charge is 0.495 e. The summed E-state index contributed by atoms with van der Waals surface area (Å²) >= 11 is 0. The molecule has 0 aliphatic heterocycles. The molecule has 0 bridgehead atoms. The first-order chi connectivity index (χ1) is 8.78. The Morgan fingerprint density at radius 3 is 2.83 bits per heavy atom. The summed E-state index contributed by atoms with van der Waals surface area (Å²) in [6, 6.07) is 5.96. The Morgan fingerprint density at radius 2 is 2.22 bits per heavy atom. The number of hydrogen-bond acceptors (Lipinski definition) is 4. The van der Waals surface area contributed by atoms with Crippen molar-refractivity contribution in [2.45, 2.75) is 19.4 Å². The van der Waals surface area contributed by atoms with E-state index in [9.17, 15) is 0 Å². The van der Waals surface area contributed by atoms with Crippen molar-refractivity contribution in [2.24, 2.45) is 0 Å². The number of methoxy groups -OCH3 is 1. The van der Waals surface area contributed by atoms with E-state index in [0.29, 0.717) is 0 Å². The van der Waals surface area contributed by atoms with Gasteiger partial charge in [-0.15, -0.1) is 0 Å². The van der Waals surface area contributed by atoms with Crippen LogP contribution in [0.2, 0.25) is 0 Å². The molecular weight excluding hydrogens is 228 g/mol. The number of aromatic nitrogens is 1. The molecule has 0 saturated heterocycles. The number of nitrogens with one attached hydrogen (secondary N) is 1. The lowest BCUT2D eigenvalue weighted by atomic mass is 10.1. The normalized spacial score (nSPS) is 12.4. The number of ether oxygens (including phenoxy) is 1. The van der Waals surface area contributed by atoms with Gasteiger partial charge in [-0.1, -0.05) is 6.92 Å². The molecule has 2 aromatic rings. The molecule has 0 saturated carbocycles. The van der Waals surface area contributed by atoms with Crippen LogP contribution in [0.5, 0.6) is 5.75 Å². The summed E-state index contributed by atoms with van der Waals surface area (Å²) in [5, 5.41) is 3.23. The molecule has 0 aromatic carbocycles. The molecule has 0 aliphatic carbocycles. The maximum Gasteiger partial charge on any atom is 0.137 e. The number of furan rings is 1. The minimum absolute atomic E-state index is 0.00657. The molecule has 2 rings (SSSR count). The molecule has 4 nitrogen and oxygen atoms in total. The van der Waals surface area contributed by atoms with Crippen LogP contribution in [0.15, 0.2) is 35.0 Å². The van der Waals surface area contributed by atoms with Crippen LogP contribution in [-0.2, 0) is 6.42 Å². The van der Waals surface area contributed by atoms with Gasteiger partial charge < -0.3 is 14.5 Å². The lowest BCUT2D eigenvalue weighted by molar-refractivity contribution is 0.408. The number of aryl methyl sites for hydroxylation is 1. The summed E-state index contributed by atoms with van der Waals surface area (Å²) < 4.78 is 11.0. The molecular formula is C14H18N2O2. The molecule has 1 unspecified atom stereocenters. The van der Waals surface area contributed by atoms with E-state index in [0.717, 1.165) is 29.3 Å². The molecule has 2 aromatic heterocycles. The van der Waals surface area contributed by atoms with E-state index >= 15 is 0 Å². The average molecular weight is 246 g/mol. The van der Waals surface area contributed by atoms with Crippen molar-refractivity contribution >= 4 is 0 Å². The van der Waals surface area contributed by atoms with Crippen molar-refractivity contribution in [3.8, 4) is 5.75 Å². The van der Waals surface area contributed by atoms with Crippen molar-refractivity contribution in [1.29, 1.82) is 0 Å². The fraction of sp³-hybridized carbons (Fsp3) is 0.357. The zero-order valence-corrected chi connectivity index (χ0v) is 10.9. The standard InChI is InChI=1S/C14H18N2O2/c1-4-11-5-6-13(18-11)14(15-2)10-7-12(17-3)9-16-8-10/h5-9,14-15H,4H2,1-3H3. The minimum Gasteiger partial charge on any atom is -0.495 e. The van der Waals surface area contributed by atoms with Crippen LogP contribution in [0, 0.1) is 0 Å². The quantitative estimate of drug-likeness (QED) is 0.880. The fourth-order valence-corrected chi connectivity index (χ4v) is 1.92. The van der Waals surface area contributed by atoms with Gasteiger partial charge in [0, 0.05) is 12.6 Å². The third kappa shape index (κ3) is 2.54. The maximum atomic E-state index is 5.78. The molecule has 2 heterocycles. The van der Waals surface area contributed by atoms with E-state index in [1.807, 2.05) is 31.4 Å². The highest BCUT2D eigenvalue weighted by Crippen LogP contribution is 2.25. The predicted molar refractivity (Wildman–Crippen MR) is 69.8 cm³/mol. The highest BCUT2D eigenvalue weighted by atomic mass is 16.5. The fourth-order valence-electron chi connectivity index (χ4n) is 1.92. The summed E-state index contributed by atoms with van der Waals surface area (Å²) in [4.78, 5) is 4.17. The summed E-state index contributed by atoms with van der Waals surface area (Å²) in [6.45, 7) is 2.07. The second-order valence-electron chi connectivity index (χ2n) is 4.04. The predicted octanol–water partition coefficient (Wildman–Crippen LogP) is 2.55. The van der Waals surface area contributed by atoms with Crippen molar-refractivity contribution in [3.05, 3.63) is 47.7 Å². The van der Waals surface area contributed by atoms with Gasteiger partial charge in [-0.05, 0) is 30.8 Å². The molecule has 0 spiro atoms. The third-order valence-electron chi connectivity index (χ3n) is 2.91. The lowest BCUT2D eigenvalue weighted by Gasteiger charge is -2.14. The minimum atomic E-state index is -0.00657. The first kappa shape index (κ1) is 12.6. The van der Waals surface area contributed by atoms with E-state index in [1.54, 1.807) is 13.3 Å². The Balaban J connectivity index is 2.32. The van der Waals surface area contributed by atoms with Crippen molar-refractivity contribution in [1.82, 2.24) is 10.3 Å². The van der Waals surface area contributed by atoms with Crippen molar-refractivity contribution in [3.63, 3.8) is 0 Å². The number of hydrogen-bond donors (Lipinski definition) is 1. The van der Waals surface area contributed by atoms with Crippen LogP contribution in [-0.4, -0.2) is 19.1 Å². The smallest absolute Gasteiger partial charge is 0.137 e. The number of pyridine rings is 1. The Hall–Kier alpha value is -1.81. The van der Waals surface area contributed by atoms with Gasteiger partial charge in [-0.25, -0.2) is 0 Å². The van der Waals surface area contributed by atoms with Gasteiger partial charge in [0.2, 0.25) is 0 Å². The van der Waals surface area contributed by atoms with Gasteiger partial charge in [0.1, 0.15) is 17.3 Å². The molecule has 0 amide bonds. The van der Waals surface area contributed by atoms with E-state index in [4.69, 9.17) is 9.15 Å². The van der Waals surface area contributed by atoms with Crippen LogP contribution in [0.25, 0.3) is 0 Å². The summed E-state index contributed by atoms with van der Waals surface area (Å²) in [7, 11) is 3.54.